The third kappa shape index (κ3) is 4.21. The molecule has 0 aliphatic heterocycles. The Morgan fingerprint density at radius 2 is 2.12 bits per heavy atom. The molecule has 130 valence electrons. The quantitative estimate of drug-likeness (QED) is 0.319. The number of alkyl halides is 1. The number of methoxy groups -OCH3 is 1. The van der Waals surface area contributed by atoms with Crippen LogP contribution in [-0.2, 0) is 4.43 Å². The van der Waals surface area contributed by atoms with Gasteiger partial charge in [0.2, 0.25) is 0 Å². The number of aromatic nitrogens is 2. The van der Waals surface area contributed by atoms with E-state index in [1.54, 1.807) is 13.3 Å². The first-order valence-corrected chi connectivity index (χ1v) is 9.34. The third-order valence-electron chi connectivity index (χ3n) is 3.66. The summed E-state index contributed by atoms with van der Waals surface area (Å²) in [6, 6.07) is 17.6. The molecule has 2 N–H and O–H groups in total. The average Bonchev–Trinajstić information content (AvgIpc) is 3.08. The number of ether oxygens (including phenoxy) is 1. The van der Waals surface area contributed by atoms with Gasteiger partial charge in [0, 0.05) is 16.3 Å². The standard InChI is InChI=1S/C19H16IN5O/c1-26-16-7-5-13(6-8-16)12-22-18-17(11-21)19(25-24-18)23-15-4-2-3-14(9-15)10-20/h2-9,12H,10H2,1H3,(H2,23,24,25). The number of nitriles is 1. The Kier molecular flexibility index (Phi) is 5.86. The molecule has 2 aromatic carbocycles. The number of halogens is 1. The summed E-state index contributed by atoms with van der Waals surface area (Å²) in [6.07, 6.45) is 1.66. The highest BCUT2D eigenvalue weighted by atomic mass is 127. The van der Waals surface area contributed by atoms with Crippen molar-refractivity contribution in [2.24, 2.45) is 4.99 Å². The van der Waals surface area contributed by atoms with Crippen LogP contribution in [0.4, 0.5) is 17.3 Å². The molecule has 0 unspecified atom stereocenters. The third-order valence-corrected chi connectivity index (χ3v) is 4.54. The minimum Gasteiger partial charge on any atom is -0.497 e. The Bertz CT molecular complexity index is 957. The van der Waals surface area contributed by atoms with Gasteiger partial charge in [-0.15, -0.1) is 0 Å². The maximum atomic E-state index is 9.49. The number of benzene rings is 2. The van der Waals surface area contributed by atoms with Crippen LogP contribution in [0.3, 0.4) is 0 Å². The summed E-state index contributed by atoms with van der Waals surface area (Å²) in [5, 5.41) is 19.7. The van der Waals surface area contributed by atoms with E-state index in [4.69, 9.17) is 4.74 Å². The molecule has 0 aliphatic rings. The van der Waals surface area contributed by atoms with Gasteiger partial charge in [-0.2, -0.15) is 10.4 Å². The van der Waals surface area contributed by atoms with Crippen molar-refractivity contribution in [1.29, 1.82) is 5.26 Å². The first-order valence-electron chi connectivity index (χ1n) is 7.82. The summed E-state index contributed by atoms with van der Waals surface area (Å²) >= 11 is 2.31. The minimum atomic E-state index is 0.343. The summed E-state index contributed by atoms with van der Waals surface area (Å²) in [5.41, 5.74) is 3.35. The van der Waals surface area contributed by atoms with Crippen molar-refractivity contribution >= 4 is 46.1 Å². The Labute approximate surface area is 165 Å². The van der Waals surface area contributed by atoms with Gasteiger partial charge in [0.05, 0.1) is 7.11 Å². The van der Waals surface area contributed by atoms with Crippen LogP contribution in [-0.4, -0.2) is 23.5 Å². The van der Waals surface area contributed by atoms with Crippen LogP contribution in [0.2, 0.25) is 0 Å². The number of aliphatic imine (C=N–C) groups is 1. The van der Waals surface area contributed by atoms with E-state index in [1.807, 2.05) is 42.5 Å². The molecular weight excluding hydrogens is 441 g/mol. The lowest BCUT2D eigenvalue weighted by atomic mass is 10.2. The maximum Gasteiger partial charge on any atom is 0.193 e. The van der Waals surface area contributed by atoms with Gasteiger partial charge in [-0.25, -0.2) is 4.99 Å². The fourth-order valence-electron chi connectivity index (χ4n) is 2.32. The van der Waals surface area contributed by atoms with Crippen LogP contribution >= 0.6 is 22.6 Å². The van der Waals surface area contributed by atoms with Crippen LogP contribution in [0.5, 0.6) is 5.75 Å². The topological polar surface area (TPSA) is 86.1 Å². The lowest BCUT2D eigenvalue weighted by molar-refractivity contribution is 0.415. The molecule has 7 heteroatoms. The summed E-state index contributed by atoms with van der Waals surface area (Å²) in [6.45, 7) is 0. The molecule has 0 bridgehead atoms. The van der Waals surface area contributed by atoms with Gasteiger partial charge in [-0.1, -0.05) is 34.7 Å². The first-order chi connectivity index (χ1) is 12.7. The first kappa shape index (κ1) is 17.9. The molecule has 3 aromatic rings. The van der Waals surface area contributed by atoms with E-state index >= 15 is 0 Å². The molecule has 0 fully saturated rings. The number of nitrogens with zero attached hydrogens (tertiary/aromatic N) is 3. The molecule has 6 nitrogen and oxygen atoms in total. The van der Waals surface area contributed by atoms with Crippen LogP contribution in [0.25, 0.3) is 0 Å². The monoisotopic (exact) mass is 457 g/mol. The minimum absolute atomic E-state index is 0.343. The van der Waals surface area contributed by atoms with E-state index < -0.39 is 0 Å². The predicted molar refractivity (Wildman–Crippen MR) is 111 cm³/mol. The van der Waals surface area contributed by atoms with Gasteiger partial charge < -0.3 is 10.1 Å². The number of rotatable bonds is 6. The molecule has 0 amide bonds. The zero-order valence-electron chi connectivity index (χ0n) is 14.0. The van der Waals surface area contributed by atoms with Crippen molar-refractivity contribution in [3.05, 3.63) is 65.2 Å². The Morgan fingerprint density at radius 3 is 2.81 bits per heavy atom. The largest absolute Gasteiger partial charge is 0.497 e. The molecule has 0 saturated heterocycles. The second kappa shape index (κ2) is 8.49. The van der Waals surface area contributed by atoms with Crippen molar-refractivity contribution in [3.63, 3.8) is 0 Å². The molecular formula is C19H16IN5O. The van der Waals surface area contributed by atoms with Crippen molar-refractivity contribution < 1.29 is 4.74 Å². The second-order valence-electron chi connectivity index (χ2n) is 5.40. The fourth-order valence-corrected chi connectivity index (χ4v) is 2.80. The Morgan fingerprint density at radius 1 is 1.31 bits per heavy atom. The van der Waals surface area contributed by atoms with Crippen LogP contribution in [0.15, 0.2) is 53.5 Å². The van der Waals surface area contributed by atoms with Crippen LogP contribution < -0.4 is 10.1 Å². The van der Waals surface area contributed by atoms with E-state index in [2.05, 4.69) is 55.2 Å². The number of aromatic amines is 1. The van der Waals surface area contributed by atoms with Gasteiger partial charge in [0.25, 0.3) is 0 Å². The molecule has 0 radical (unpaired) electrons. The lowest BCUT2D eigenvalue weighted by Crippen LogP contribution is -1.93. The number of nitrogens with one attached hydrogen (secondary N) is 2. The van der Waals surface area contributed by atoms with Crippen molar-refractivity contribution in [2.75, 3.05) is 12.4 Å². The molecule has 0 spiro atoms. The smallest absolute Gasteiger partial charge is 0.193 e. The number of anilines is 2. The second-order valence-corrected chi connectivity index (χ2v) is 6.16. The highest BCUT2D eigenvalue weighted by molar-refractivity contribution is 14.1. The van der Waals surface area contributed by atoms with Crippen molar-refractivity contribution in [3.8, 4) is 11.8 Å². The van der Waals surface area contributed by atoms with E-state index in [-0.39, 0.29) is 0 Å². The van der Waals surface area contributed by atoms with Crippen LogP contribution in [0, 0.1) is 11.3 Å². The van der Waals surface area contributed by atoms with E-state index in [0.29, 0.717) is 17.2 Å². The molecule has 0 saturated carbocycles. The number of H-pyrrole nitrogens is 1. The SMILES string of the molecule is COc1ccc(C=Nc2n[nH]c(Nc3cccc(CI)c3)c2C#N)cc1. The van der Waals surface area contributed by atoms with Gasteiger partial charge in [-0.05, 0) is 47.5 Å². The molecule has 26 heavy (non-hydrogen) atoms. The Balaban J connectivity index is 1.81. The van der Waals surface area contributed by atoms with Crippen molar-refractivity contribution in [2.45, 2.75) is 4.43 Å². The number of hydrogen-bond donors (Lipinski definition) is 2. The molecule has 1 aromatic heterocycles. The van der Waals surface area contributed by atoms with E-state index in [9.17, 15) is 5.26 Å². The highest BCUT2D eigenvalue weighted by Gasteiger charge is 2.12. The zero-order chi connectivity index (χ0) is 18.4. The molecule has 1 heterocycles. The normalized spacial score (nSPS) is 10.7. The van der Waals surface area contributed by atoms with E-state index in [1.165, 1.54) is 5.56 Å². The lowest BCUT2D eigenvalue weighted by Gasteiger charge is -2.05. The number of hydrogen-bond acceptors (Lipinski definition) is 5. The van der Waals surface area contributed by atoms with Gasteiger partial charge in [0.1, 0.15) is 23.2 Å². The van der Waals surface area contributed by atoms with Gasteiger partial charge >= 0.3 is 0 Å². The summed E-state index contributed by atoms with van der Waals surface area (Å²) in [4.78, 5) is 4.33. The fraction of sp³-hybridized carbons (Fsp3) is 0.105. The van der Waals surface area contributed by atoms with Crippen molar-refractivity contribution in [1.82, 2.24) is 10.2 Å². The summed E-state index contributed by atoms with van der Waals surface area (Å²) in [7, 11) is 1.62. The molecule has 0 aliphatic carbocycles. The molecule has 0 atom stereocenters. The Hall–Kier alpha value is -2.86. The zero-order valence-corrected chi connectivity index (χ0v) is 16.2. The van der Waals surface area contributed by atoms with Gasteiger partial charge in [0.15, 0.2) is 5.82 Å². The average molecular weight is 457 g/mol. The van der Waals surface area contributed by atoms with Crippen LogP contribution in [0.1, 0.15) is 16.7 Å². The van der Waals surface area contributed by atoms with E-state index in [0.717, 1.165) is 21.4 Å². The molecule has 3 rings (SSSR count). The highest BCUT2D eigenvalue weighted by Crippen LogP contribution is 2.26. The van der Waals surface area contributed by atoms with Gasteiger partial charge in [-0.3, -0.25) is 5.10 Å². The predicted octanol–water partition coefficient (Wildman–Crippen LogP) is 4.72. The summed E-state index contributed by atoms with van der Waals surface area (Å²) < 4.78 is 6.05. The summed E-state index contributed by atoms with van der Waals surface area (Å²) in [5.74, 6) is 1.65. The maximum absolute atomic E-state index is 9.49.